The lowest BCUT2D eigenvalue weighted by Gasteiger charge is -2.07. The minimum Gasteiger partial charge on any atom is -0.491 e. The van der Waals surface area contributed by atoms with E-state index in [2.05, 4.69) is 4.98 Å². The Labute approximate surface area is 91.2 Å². The lowest BCUT2D eigenvalue weighted by atomic mass is 10.2. The molecule has 5 heteroatoms. The summed E-state index contributed by atoms with van der Waals surface area (Å²) in [6, 6.07) is 3.31. The molecule has 0 saturated heterocycles. The molecule has 0 unspecified atom stereocenters. The first-order valence-electron chi connectivity index (χ1n) is 5.27. The van der Waals surface area contributed by atoms with E-state index in [4.69, 9.17) is 14.9 Å². The van der Waals surface area contributed by atoms with Crippen LogP contribution < -0.4 is 16.2 Å². The van der Waals surface area contributed by atoms with Crippen LogP contribution in [0.5, 0.6) is 5.75 Å². The minimum absolute atomic E-state index is 0.460. The molecule has 0 bridgehead atoms. The van der Waals surface area contributed by atoms with Gasteiger partial charge in [-0.15, -0.1) is 0 Å². The molecule has 0 aliphatic heterocycles. The molecule has 5 nitrogen and oxygen atoms in total. The molecule has 3 N–H and O–H groups in total. The van der Waals surface area contributed by atoms with Gasteiger partial charge in [0.15, 0.2) is 5.58 Å². The zero-order chi connectivity index (χ0) is 11.1. The first-order chi connectivity index (χ1) is 7.72. The summed E-state index contributed by atoms with van der Waals surface area (Å²) in [6.07, 6.45) is 2.45. The van der Waals surface area contributed by atoms with Gasteiger partial charge in [-0.1, -0.05) is 0 Å². The van der Waals surface area contributed by atoms with E-state index in [0.29, 0.717) is 35.1 Å². The van der Waals surface area contributed by atoms with Crippen molar-refractivity contribution in [2.75, 3.05) is 12.3 Å². The highest BCUT2D eigenvalue weighted by molar-refractivity contribution is 5.80. The number of nitrogens with one attached hydrogen (secondary N) is 1. The number of ether oxygens (including phenoxy) is 1. The molecule has 0 spiro atoms. The average molecular weight is 220 g/mol. The van der Waals surface area contributed by atoms with Gasteiger partial charge < -0.3 is 14.9 Å². The SMILES string of the molecule is Nc1cc2oc(=O)[nH]c2cc1OCC1CC1. The van der Waals surface area contributed by atoms with E-state index in [1.165, 1.54) is 12.8 Å². The second-order valence-electron chi connectivity index (χ2n) is 4.16. The van der Waals surface area contributed by atoms with E-state index in [9.17, 15) is 4.79 Å². The third kappa shape index (κ3) is 1.64. The smallest absolute Gasteiger partial charge is 0.417 e. The van der Waals surface area contributed by atoms with Crippen molar-refractivity contribution in [3.63, 3.8) is 0 Å². The number of nitrogens with two attached hydrogens (primary N) is 1. The monoisotopic (exact) mass is 220 g/mol. The fourth-order valence-corrected chi connectivity index (χ4v) is 1.61. The van der Waals surface area contributed by atoms with Crippen molar-refractivity contribution in [2.24, 2.45) is 5.92 Å². The van der Waals surface area contributed by atoms with Gasteiger partial charge in [0, 0.05) is 12.1 Å². The molecule has 1 aliphatic carbocycles. The van der Waals surface area contributed by atoms with Gasteiger partial charge in [0.2, 0.25) is 0 Å². The molecule has 0 radical (unpaired) electrons. The van der Waals surface area contributed by atoms with Crippen LogP contribution >= 0.6 is 0 Å². The van der Waals surface area contributed by atoms with Crippen molar-refractivity contribution in [3.8, 4) is 5.75 Å². The predicted molar refractivity (Wildman–Crippen MR) is 59.5 cm³/mol. The molecule has 0 atom stereocenters. The van der Waals surface area contributed by atoms with Gasteiger partial charge in [-0.05, 0) is 18.8 Å². The Hall–Kier alpha value is -1.91. The second-order valence-corrected chi connectivity index (χ2v) is 4.16. The summed E-state index contributed by atoms with van der Waals surface area (Å²) in [5.74, 6) is 0.795. The molecule has 0 amide bonds. The number of benzene rings is 1. The molecule has 1 fully saturated rings. The van der Waals surface area contributed by atoms with Crippen LogP contribution in [0.4, 0.5) is 5.69 Å². The first-order valence-corrected chi connectivity index (χ1v) is 5.27. The highest BCUT2D eigenvalue weighted by Gasteiger charge is 2.22. The third-order valence-corrected chi connectivity index (χ3v) is 2.72. The van der Waals surface area contributed by atoms with Gasteiger partial charge in [-0.25, -0.2) is 4.79 Å². The molecular formula is C11H12N2O3. The maximum atomic E-state index is 11.0. The predicted octanol–water partition coefficient (Wildman–Crippen LogP) is 1.49. The summed E-state index contributed by atoms with van der Waals surface area (Å²) in [5, 5.41) is 0. The molecule has 3 rings (SSSR count). The van der Waals surface area contributed by atoms with Crippen molar-refractivity contribution in [1.29, 1.82) is 0 Å². The summed E-state index contributed by atoms with van der Waals surface area (Å²) in [5.41, 5.74) is 7.37. The number of H-pyrrole nitrogens is 1. The number of anilines is 1. The Morgan fingerprint density at radius 2 is 2.31 bits per heavy atom. The number of nitrogen functional groups attached to an aromatic ring is 1. The number of aromatic nitrogens is 1. The fraction of sp³-hybridized carbons (Fsp3) is 0.364. The van der Waals surface area contributed by atoms with Gasteiger partial charge in [0.25, 0.3) is 0 Å². The lowest BCUT2D eigenvalue weighted by molar-refractivity contribution is 0.301. The van der Waals surface area contributed by atoms with Crippen LogP contribution in [-0.2, 0) is 0 Å². The molecule has 84 valence electrons. The van der Waals surface area contributed by atoms with Gasteiger partial charge in [0.05, 0.1) is 17.8 Å². The van der Waals surface area contributed by atoms with E-state index in [1.54, 1.807) is 12.1 Å². The van der Waals surface area contributed by atoms with Crippen LogP contribution in [0, 0.1) is 5.92 Å². The molecule has 1 saturated carbocycles. The Bertz CT molecular complexity index is 580. The number of oxazole rings is 1. The number of fused-ring (bicyclic) bond motifs is 1. The number of hydrogen-bond acceptors (Lipinski definition) is 4. The van der Waals surface area contributed by atoms with Crippen LogP contribution in [0.15, 0.2) is 21.3 Å². The second kappa shape index (κ2) is 3.30. The molecule has 1 aliphatic rings. The van der Waals surface area contributed by atoms with E-state index < -0.39 is 5.76 Å². The Balaban J connectivity index is 1.95. The molecular weight excluding hydrogens is 208 g/mol. The van der Waals surface area contributed by atoms with E-state index in [1.807, 2.05) is 0 Å². The third-order valence-electron chi connectivity index (χ3n) is 2.72. The Morgan fingerprint density at radius 1 is 1.50 bits per heavy atom. The summed E-state index contributed by atoms with van der Waals surface area (Å²) >= 11 is 0. The summed E-state index contributed by atoms with van der Waals surface area (Å²) in [6.45, 7) is 0.692. The minimum atomic E-state index is -0.478. The lowest BCUT2D eigenvalue weighted by Crippen LogP contribution is -2.01. The molecule has 2 aromatic rings. The number of hydrogen-bond donors (Lipinski definition) is 2. The van der Waals surface area contributed by atoms with Gasteiger partial charge in [-0.2, -0.15) is 0 Å². The Kier molecular flexibility index (Phi) is 1.92. The molecule has 1 aromatic heterocycles. The average Bonchev–Trinajstić information content (AvgIpc) is 2.98. The number of rotatable bonds is 3. The summed E-state index contributed by atoms with van der Waals surface area (Å²) in [7, 11) is 0. The van der Waals surface area contributed by atoms with Crippen LogP contribution in [-0.4, -0.2) is 11.6 Å². The first kappa shape index (κ1) is 9.33. The Morgan fingerprint density at radius 3 is 3.06 bits per heavy atom. The summed E-state index contributed by atoms with van der Waals surface area (Å²) < 4.78 is 10.5. The standard InChI is InChI=1S/C11H12N2O3/c12-7-3-10-8(13-11(14)16-10)4-9(7)15-5-6-1-2-6/h3-4,6H,1-2,5,12H2,(H,13,14). The topological polar surface area (TPSA) is 81.2 Å². The summed E-state index contributed by atoms with van der Waals surface area (Å²) in [4.78, 5) is 13.6. The highest BCUT2D eigenvalue weighted by Crippen LogP contribution is 2.32. The largest absolute Gasteiger partial charge is 0.491 e. The van der Waals surface area contributed by atoms with Crippen molar-refractivity contribution in [3.05, 3.63) is 22.7 Å². The van der Waals surface area contributed by atoms with Crippen LogP contribution in [0.2, 0.25) is 0 Å². The maximum absolute atomic E-state index is 11.0. The van der Waals surface area contributed by atoms with Crippen molar-refractivity contribution < 1.29 is 9.15 Å². The van der Waals surface area contributed by atoms with E-state index in [-0.39, 0.29) is 0 Å². The van der Waals surface area contributed by atoms with E-state index >= 15 is 0 Å². The highest BCUT2D eigenvalue weighted by atomic mass is 16.5. The fourth-order valence-electron chi connectivity index (χ4n) is 1.61. The van der Waals surface area contributed by atoms with Crippen LogP contribution in [0.25, 0.3) is 11.1 Å². The quantitative estimate of drug-likeness (QED) is 0.768. The molecule has 1 heterocycles. The van der Waals surface area contributed by atoms with E-state index in [0.717, 1.165) is 0 Å². The van der Waals surface area contributed by atoms with Gasteiger partial charge >= 0.3 is 5.76 Å². The van der Waals surface area contributed by atoms with Gasteiger partial charge in [-0.3, -0.25) is 4.98 Å². The number of aromatic amines is 1. The normalized spacial score (nSPS) is 15.5. The molecule has 1 aromatic carbocycles. The van der Waals surface area contributed by atoms with Crippen LogP contribution in [0.3, 0.4) is 0 Å². The zero-order valence-corrected chi connectivity index (χ0v) is 8.66. The zero-order valence-electron chi connectivity index (χ0n) is 8.66. The van der Waals surface area contributed by atoms with Crippen molar-refractivity contribution in [2.45, 2.75) is 12.8 Å². The van der Waals surface area contributed by atoms with Crippen molar-refractivity contribution >= 4 is 16.8 Å². The van der Waals surface area contributed by atoms with Gasteiger partial charge in [0.1, 0.15) is 5.75 Å². The van der Waals surface area contributed by atoms with Crippen LogP contribution in [0.1, 0.15) is 12.8 Å². The van der Waals surface area contributed by atoms with Crippen molar-refractivity contribution in [1.82, 2.24) is 4.98 Å². The maximum Gasteiger partial charge on any atom is 0.417 e. The molecule has 16 heavy (non-hydrogen) atoms.